The van der Waals surface area contributed by atoms with E-state index in [0.717, 1.165) is 12.5 Å². The summed E-state index contributed by atoms with van der Waals surface area (Å²) < 4.78 is 83.8. The number of benzene rings is 1. The summed E-state index contributed by atoms with van der Waals surface area (Å²) in [5.41, 5.74) is -2.70. The Morgan fingerprint density at radius 3 is 2.33 bits per heavy atom. The molecule has 2 aromatic rings. The molecule has 0 radical (unpaired) electrons. The molecule has 1 fully saturated rings. The van der Waals surface area contributed by atoms with E-state index in [1.54, 1.807) is 0 Å². The van der Waals surface area contributed by atoms with Crippen LogP contribution in [0.25, 0.3) is 11.1 Å². The fraction of sp³-hybridized carbons (Fsp3) is 0.429. The Hall–Kier alpha value is -2.53. The molecule has 1 saturated carbocycles. The maximum absolute atomic E-state index is 13.7. The summed E-state index contributed by atoms with van der Waals surface area (Å²) in [6, 6.07) is 5.47. The quantitative estimate of drug-likeness (QED) is 0.544. The van der Waals surface area contributed by atoms with Crippen LogP contribution in [0.5, 0.6) is 5.88 Å². The highest BCUT2D eigenvalue weighted by atomic mass is 35.5. The highest BCUT2D eigenvalue weighted by molar-refractivity contribution is 6.30. The molecule has 0 aliphatic heterocycles. The number of nitrogens with zero attached hydrogens (tertiary/aromatic N) is 1. The van der Waals surface area contributed by atoms with Gasteiger partial charge in [0.05, 0.1) is 17.7 Å². The van der Waals surface area contributed by atoms with Crippen LogP contribution < -0.4 is 10.1 Å². The van der Waals surface area contributed by atoms with E-state index < -0.39 is 54.1 Å². The van der Waals surface area contributed by atoms with E-state index in [-0.39, 0.29) is 16.1 Å². The average molecular weight is 497 g/mol. The number of carbonyl (C=O) groups is 1. The SMILES string of the molecule is O=C(N[C@H]1CCCC[C@@H]1O)c1cc(-c2ccc(Cl)cc2)c(OCC(F)(F)F)nc1C(F)(F)F. The zero-order chi connectivity index (χ0) is 24.4. The molecule has 2 atom stereocenters. The average Bonchev–Trinajstić information content (AvgIpc) is 2.72. The lowest BCUT2D eigenvalue weighted by Gasteiger charge is -2.28. The van der Waals surface area contributed by atoms with Crippen LogP contribution in [0.15, 0.2) is 30.3 Å². The maximum Gasteiger partial charge on any atom is 0.434 e. The third-order valence-corrected chi connectivity index (χ3v) is 5.33. The number of aliphatic hydroxyl groups excluding tert-OH is 1. The van der Waals surface area contributed by atoms with Crippen molar-refractivity contribution in [1.29, 1.82) is 0 Å². The number of carbonyl (C=O) groups excluding carboxylic acids is 1. The summed E-state index contributed by atoms with van der Waals surface area (Å²) in [5, 5.41) is 12.7. The number of halogens is 7. The van der Waals surface area contributed by atoms with Gasteiger partial charge in [0.25, 0.3) is 5.91 Å². The van der Waals surface area contributed by atoms with E-state index in [1.807, 2.05) is 0 Å². The number of amides is 1. The molecule has 0 spiro atoms. The van der Waals surface area contributed by atoms with Gasteiger partial charge in [-0.2, -0.15) is 26.3 Å². The molecular weight excluding hydrogens is 478 g/mol. The van der Waals surface area contributed by atoms with Crippen LogP contribution in [0, 0.1) is 0 Å². The molecule has 3 rings (SSSR count). The predicted octanol–water partition coefficient (Wildman–Crippen LogP) is 5.40. The first kappa shape index (κ1) is 25.1. The van der Waals surface area contributed by atoms with Crippen LogP contribution in [0.1, 0.15) is 41.7 Å². The van der Waals surface area contributed by atoms with E-state index in [4.69, 9.17) is 11.6 Å². The number of aliphatic hydroxyl groups is 1. The van der Waals surface area contributed by atoms with Crippen LogP contribution in [0.2, 0.25) is 5.02 Å². The molecule has 1 aliphatic carbocycles. The lowest BCUT2D eigenvalue weighted by Crippen LogP contribution is -2.45. The van der Waals surface area contributed by atoms with Gasteiger partial charge in [0.2, 0.25) is 5.88 Å². The molecular formula is C21H19ClF6N2O3. The number of aromatic nitrogens is 1. The van der Waals surface area contributed by atoms with Gasteiger partial charge in [-0.15, -0.1) is 0 Å². The number of nitrogens with one attached hydrogen (secondary N) is 1. The van der Waals surface area contributed by atoms with Crippen LogP contribution in [0.3, 0.4) is 0 Å². The van der Waals surface area contributed by atoms with Gasteiger partial charge in [-0.05, 0) is 36.6 Å². The Kier molecular flexibility index (Phi) is 7.42. The standard InChI is InChI=1S/C21H19ClF6N2O3/c22-12-7-5-11(6-8-12)13-9-14(18(32)29-15-3-1-2-4-16(15)31)17(21(26,27)28)30-19(13)33-10-20(23,24)25/h5-9,15-16,31H,1-4,10H2,(H,29,32)/t15-,16-/m0/s1. The Morgan fingerprint density at radius 1 is 1.12 bits per heavy atom. The van der Waals surface area contributed by atoms with Crippen molar-refractivity contribution in [2.75, 3.05) is 6.61 Å². The summed E-state index contributed by atoms with van der Waals surface area (Å²) in [6.45, 7) is -1.88. The first-order valence-electron chi connectivity index (χ1n) is 9.92. The van der Waals surface area contributed by atoms with E-state index in [2.05, 4.69) is 15.0 Å². The molecule has 2 N–H and O–H groups in total. The number of ether oxygens (including phenoxy) is 1. The van der Waals surface area contributed by atoms with Crippen LogP contribution >= 0.6 is 11.6 Å². The third-order valence-electron chi connectivity index (χ3n) is 5.07. The topological polar surface area (TPSA) is 71.5 Å². The molecule has 33 heavy (non-hydrogen) atoms. The zero-order valence-electron chi connectivity index (χ0n) is 16.9. The van der Waals surface area contributed by atoms with Crippen molar-refractivity contribution in [1.82, 2.24) is 10.3 Å². The second-order valence-electron chi connectivity index (χ2n) is 7.58. The van der Waals surface area contributed by atoms with Crippen molar-refractivity contribution in [2.45, 2.75) is 50.2 Å². The second-order valence-corrected chi connectivity index (χ2v) is 8.01. The van der Waals surface area contributed by atoms with Gasteiger partial charge in [-0.3, -0.25) is 4.79 Å². The van der Waals surface area contributed by atoms with E-state index in [9.17, 15) is 36.2 Å². The van der Waals surface area contributed by atoms with E-state index in [1.165, 1.54) is 24.3 Å². The van der Waals surface area contributed by atoms with Gasteiger partial charge >= 0.3 is 12.4 Å². The molecule has 1 heterocycles. The molecule has 1 aliphatic rings. The van der Waals surface area contributed by atoms with Crippen molar-refractivity contribution in [3.05, 3.63) is 46.6 Å². The summed E-state index contributed by atoms with van der Waals surface area (Å²) in [6.07, 6.45) is -8.76. The van der Waals surface area contributed by atoms with Gasteiger partial charge < -0.3 is 15.2 Å². The first-order valence-corrected chi connectivity index (χ1v) is 10.3. The highest BCUT2D eigenvalue weighted by Gasteiger charge is 2.40. The molecule has 12 heteroatoms. The maximum atomic E-state index is 13.7. The molecule has 180 valence electrons. The first-order chi connectivity index (χ1) is 15.3. The molecule has 1 amide bonds. The predicted molar refractivity (Wildman–Crippen MR) is 107 cm³/mol. The molecule has 0 bridgehead atoms. The minimum Gasteiger partial charge on any atom is -0.468 e. The molecule has 5 nitrogen and oxygen atoms in total. The number of hydrogen-bond acceptors (Lipinski definition) is 4. The van der Waals surface area contributed by atoms with Gasteiger partial charge in [-0.25, -0.2) is 4.98 Å². The van der Waals surface area contributed by atoms with Gasteiger partial charge in [-0.1, -0.05) is 36.6 Å². The summed E-state index contributed by atoms with van der Waals surface area (Å²) in [7, 11) is 0. The largest absolute Gasteiger partial charge is 0.468 e. The normalized spacial score (nSPS) is 19.3. The minimum absolute atomic E-state index is 0.143. The Bertz CT molecular complexity index is 995. The summed E-state index contributed by atoms with van der Waals surface area (Å²) in [4.78, 5) is 16.1. The van der Waals surface area contributed by atoms with Crippen molar-refractivity contribution < 1.29 is 41.0 Å². The number of rotatable bonds is 5. The number of pyridine rings is 1. The lowest BCUT2D eigenvalue weighted by molar-refractivity contribution is -0.154. The Labute approximate surface area is 189 Å². The van der Waals surface area contributed by atoms with Gasteiger partial charge in [0, 0.05) is 10.6 Å². The van der Waals surface area contributed by atoms with Crippen molar-refractivity contribution >= 4 is 17.5 Å². The fourth-order valence-electron chi connectivity index (χ4n) is 3.51. The minimum atomic E-state index is -5.16. The number of alkyl halides is 6. The molecule has 0 saturated heterocycles. The Balaban J connectivity index is 2.09. The highest BCUT2D eigenvalue weighted by Crippen LogP contribution is 2.38. The van der Waals surface area contributed by atoms with Crippen LogP contribution in [-0.4, -0.2) is 40.9 Å². The second kappa shape index (κ2) is 9.76. The summed E-state index contributed by atoms with van der Waals surface area (Å²) in [5.74, 6) is -2.09. The van der Waals surface area contributed by atoms with Crippen LogP contribution in [0.4, 0.5) is 26.3 Å². The smallest absolute Gasteiger partial charge is 0.434 e. The number of hydrogen-bond donors (Lipinski definition) is 2. The third kappa shape index (κ3) is 6.50. The summed E-state index contributed by atoms with van der Waals surface area (Å²) >= 11 is 5.82. The van der Waals surface area contributed by atoms with Crippen molar-refractivity contribution in [3.63, 3.8) is 0 Å². The molecule has 0 unspecified atom stereocenters. The molecule has 1 aromatic heterocycles. The van der Waals surface area contributed by atoms with E-state index >= 15 is 0 Å². The lowest BCUT2D eigenvalue weighted by atomic mass is 9.92. The van der Waals surface area contributed by atoms with E-state index in [0.29, 0.717) is 19.3 Å². The van der Waals surface area contributed by atoms with Crippen LogP contribution in [-0.2, 0) is 6.18 Å². The Morgan fingerprint density at radius 2 is 1.76 bits per heavy atom. The zero-order valence-corrected chi connectivity index (χ0v) is 17.7. The molecule has 1 aromatic carbocycles. The van der Waals surface area contributed by atoms with Gasteiger partial charge in [0.15, 0.2) is 12.3 Å². The van der Waals surface area contributed by atoms with Crippen molar-refractivity contribution in [2.24, 2.45) is 0 Å². The van der Waals surface area contributed by atoms with Gasteiger partial charge in [0.1, 0.15) is 0 Å². The van der Waals surface area contributed by atoms with Crippen molar-refractivity contribution in [3.8, 4) is 17.0 Å². The fourth-order valence-corrected chi connectivity index (χ4v) is 3.63. The monoisotopic (exact) mass is 496 g/mol.